The molecule has 2 aliphatic rings. The lowest BCUT2D eigenvalue weighted by Gasteiger charge is -2.15. The maximum absolute atomic E-state index is 13.1. The fraction of sp³-hybridized carbons (Fsp3) is 0.0588. The number of nitrogens with zero attached hydrogens (tertiary/aromatic N) is 1. The molecule has 0 aromatic heterocycles. The van der Waals surface area contributed by atoms with Crippen LogP contribution in [0.3, 0.4) is 0 Å². The first kappa shape index (κ1) is 14.9. The summed E-state index contributed by atoms with van der Waals surface area (Å²) in [6.07, 6.45) is -1.05. The second-order valence-corrected chi connectivity index (χ2v) is 5.73. The molecule has 2 aliphatic heterocycles. The van der Waals surface area contributed by atoms with Gasteiger partial charge in [-0.15, -0.1) is 0 Å². The van der Waals surface area contributed by atoms with Gasteiger partial charge in [-0.25, -0.2) is 9.29 Å². The van der Waals surface area contributed by atoms with Gasteiger partial charge in [0.25, 0.3) is 11.8 Å². The molecule has 1 saturated heterocycles. The zero-order chi connectivity index (χ0) is 16.8. The van der Waals surface area contributed by atoms with Gasteiger partial charge in [0.1, 0.15) is 5.82 Å². The van der Waals surface area contributed by atoms with Gasteiger partial charge in [0.15, 0.2) is 6.10 Å². The van der Waals surface area contributed by atoms with Gasteiger partial charge in [-0.1, -0.05) is 29.8 Å². The third-order valence-electron chi connectivity index (χ3n) is 3.92. The number of hydroxylamine groups is 1. The van der Waals surface area contributed by atoms with Crippen molar-refractivity contribution >= 4 is 34.8 Å². The number of hydrogen-bond acceptors (Lipinski definition) is 4. The van der Waals surface area contributed by atoms with Crippen molar-refractivity contribution in [3.63, 3.8) is 0 Å². The number of benzene rings is 2. The quantitative estimate of drug-likeness (QED) is 0.851. The summed E-state index contributed by atoms with van der Waals surface area (Å²) in [4.78, 5) is 31.6. The largest absolute Gasteiger partial charge is 0.270 e. The molecule has 120 valence electrons. The van der Waals surface area contributed by atoms with Crippen LogP contribution >= 0.6 is 11.6 Å². The Balaban J connectivity index is 1.81. The van der Waals surface area contributed by atoms with Gasteiger partial charge in [0, 0.05) is 10.6 Å². The van der Waals surface area contributed by atoms with Gasteiger partial charge in [-0.05, 0) is 30.3 Å². The van der Waals surface area contributed by atoms with E-state index in [0.717, 1.165) is 4.90 Å². The average Bonchev–Trinajstić information content (AvgIpc) is 3.10. The van der Waals surface area contributed by atoms with Crippen LogP contribution in [0, 0.1) is 5.82 Å². The maximum atomic E-state index is 13.1. The summed E-state index contributed by atoms with van der Waals surface area (Å²) >= 11 is 6.17. The molecule has 0 unspecified atom stereocenters. The summed E-state index contributed by atoms with van der Waals surface area (Å²) < 4.78 is 13.1. The number of fused-ring (bicyclic) bond motifs is 1. The van der Waals surface area contributed by atoms with E-state index in [1.807, 2.05) is 0 Å². The van der Waals surface area contributed by atoms with E-state index >= 15 is 0 Å². The van der Waals surface area contributed by atoms with E-state index in [1.165, 1.54) is 24.3 Å². The van der Waals surface area contributed by atoms with Crippen LogP contribution < -0.4 is 10.4 Å². The number of nitrogens with one attached hydrogen (secondary N) is 1. The standard InChI is InChI=1S/C17H10ClFN2O3/c18-12-4-2-1-3-11(12)14-13-15(24-20-14)17(23)21(16(13)22)10-7-5-9(19)6-8-10/h1-8,15,20H/t15-/m0/s1. The van der Waals surface area contributed by atoms with E-state index in [2.05, 4.69) is 5.48 Å². The number of hydrogen-bond donors (Lipinski definition) is 1. The Bertz CT molecular complexity index is 895. The minimum atomic E-state index is -1.05. The van der Waals surface area contributed by atoms with E-state index < -0.39 is 23.7 Å². The monoisotopic (exact) mass is 344 g/mol. The molecule has 24 heavy (non-hydrogen) atoms. The van der Waals surface area contributed by atoms with Crippen LogP contribution in [0.4, 0.5) is 10.1 Å². The number of carbonyl (C=O) groups is 2. The molecule has 5 nitrogen and oxygen atoms in total. The summed E-state index contributed by atoms with van der Waals surface area (Å²) in [6.45, 7) is 0. The lowest BCUT2D eigenvalue weighted by atomic mass is 10.0. The highest BCUT2D eigenvalue weighted by Gasteiger charge is 2.50. The summed E-state index contributed by atoms with van der Waals surface area (Å²) in [7, 11) is 0. The fourth-order valence-electron chi connectivity index (χ4n) is 2.79. The normalized spacial score (nSPS) is 19.8. The zero-order valence-corrected chi connectivity index (χ0v) is 12.9. The molecule has 2 heterocycles. The summed E-state index contributed by atoms with van der Waals surface area (Å²) in [5.74, 6) is -1.50. The molecule has 1 atom stereocenters. The average molecular weight is 345 g/mol. The highest BCUT2D eigenvalue weighted by molar-refractivity contribution is 6.35. The third-order valence-corrected chi connectivity index (χ3v) is 4.25. The van der Waals surface area contributed by atoms with Gasteiger partial charge in [-0.3, -0.25) is 19.9 Å². The Hall–Kier alpha value is -2.70. The van der Waals surface area contributed by atoms with Crippen LogP contribution in [-0.4, -0.2) is 17.9 Å². The Kier molecular flexibility index (Phi) is 3.37. The van der Waals surface area contributed by atoms with Crippen molar-refractivity contribution in [2.24, 2.45) is 0 Å². The first-order valence-electron chi connectivity index (χ1n) is 7.12. The smallest absolute Gasteiger partial charge is 0.270 e. The zero-order valence-electron chi connectivity index (χ0n) is 12.1. The first-order valence-corrected chi connectivity index (χ1v) is 7.50. The fourth-order valence-corrected chi connectivity index (χ4v) is 3.02. The predicted octanol–water partition coefficient (Wildman–Crippen LogP) is 2.67. The maximum Gasteiger partial charge on any atom is 0.270 e. The van der Waals surface area contributed by atoms with Crippen molar-refractivity contribution in [1.29, 1.82) is 0 Å². The first-order chi connectivity index (χ1) is 11.6. The van der Waals surface area contributed by atoms with Crippen molar-refractivity contribution in [2.75, 3.05) is 4.90 Å². The van der Waals surface area contributed by atoms with Crippen LogP contribution in [0.15, 0.2) is 54.1 Å². The molecule has 0 radical (unpaired) electrons. The number of amides is 2. The number of halogens is 2. The van der Waals surface area contributed by atoms with E-state index in [1.54, 1.807) is 24.3 Å². The minimum absolute atomic E-state index is 0.192. The van der Waals surface area contributed by atoms with Gasteiger partial charge >= 0.3 is 0 Å². The Morgan fingerprint density at radius 2 is 1.79 bits per heavy atom. The van der Waals surface area contributed by atoms with E-state index in [-0.39, 0.29) is 11.3 Å². The van der Waals surface area contributed by atoms with Crippen LogP contribution in [0.2, 0.25) is 5.02 Å². The van der Waals surface area contributed by atoms with Crippen LogP contribution in [-0.2, 0) is 14.4 Å². The summed E-state index contributed by atoms with van der Waals surface area (Å²) in [5.41, 5.74) is 4.04. The van der Waals surface area contributed by atoms with E-state index in [0.29, 0.717) is 16.3 Å². The second-order valence-electron chi connectivity index (χ2n) is 5.32. The van der Waals surface area contributed by atoms with Crippen molar-refractivity contribution in [3.8, 4) is 0 Å². The SMILES string of the molecule is O=C1C2=C(c3ccccc3Cl)NO[C@@H]2C(=O)N1c1ccc(F)cc1. The van der Waals surface area contributed by atoms with E-state index in [9.17, 15) is 14.0 Å². The lowest BCUT2D eigenvalue weighted by molar-refractivity contribution is -0.127. The Labute approximate surface area is 141 Å². The van der Waals surface area contributed by atoms with Crippen molar-refractivity contribution in [3.05, 3.63) is 70.5 Å². The number of carbonyl (C=O) groups excluding carboxylic acids is 2. The molecule has 0 spiro atoms. The molecule has 2 aromatic carbocycles. The Morgan fingerprint density at radius 1 is 1.08 bits per heavy atom. The predicted molar refractivity (Wildman–Crippen MR) is 85.3 cm³/mol. The minimum Gasteiger partial charge on any atom is -0.270 e. The van der Waals surface area contributed by atoms with Crippen LogP contribution in [0.1, 0.15) is 5.56 Å². The third kappa shape index (κ3) is 2.11. The molecule has 0 saturated carbocycles. The molecule has 2 amide bonds. The summed E-state index contributed by atoms with van der Waals surface area (Å²) in [5, 5.41) is 0.428. The van der Waals surface area contributed by atoms with Gasteiger partial charge in [0.2, 0.25) is 0 Å². The molecular formula is C17H10ClFN2O3. The van der Waals surface area contributed by atoms with Crippen molar-refractivity contribution in [1.82, 2.24) is 5.48 Å². The molecule has 1 fully saturated rings. The molecule has 0 aliphatic carbocycles. The van der Waals surface area contributed by atoms with Crippen molar-refractivity contribution < 1.29 is 18.8 Å². The van der Waals surface area contributed by atoms with Crippen LogP contribution in [0.5, 0.6) is 0 Å². The topological polar surface area (TPSA) is 58.6 Å². The second kappa shape index (κ2) is 5.43. The van der Waals surface area contributed by atoms with E-state index in [4.69, 9.17) is 16.4 Å². The number of imide groups is 1. The highest BCUT2D eigenvalue weighted by atomic mass is 35.5. The molecular weight excluding hydrogens is 335 g/mol. The Morgan fingerprint density at radius 3 is 2.50 bits per heavy atom. The molecule has 4 rings (SSSR count). The number of anilines is 1. The summed E-state index contributed by atoms with van der Waals surface area (Å²) in [6, 6.07) is 12.0. The highest BCUT2D eigenvalue weighted by Crippen LogP contribution is 2.37. The molecule has 0 bridgehead atoms. The van der Waals surface area contributed by atoms with Gasteiger partial charge in [0.05, 0.1) is 17.0 Å². The molecule has 1 N–H and O–H groups in total. The molecule has 2 aromatic rings. The van der Waals surface area contributed by atoms with Crippen LogP contribution in [0.25, 0.3) is 5.70 Å². The van der Waals surface area contributed by atoms with Crippen molar-refractivity contribution in [2.45, 2.75) is 6.10 Å². The van der Waals surface area contributed by atoms with Gasteiger partial charge in [-0.2, -0.15) is 0 Å². The molecule has 7 heteroatoms. The number of rotatable bonds is 2. The lowest BCUT2D eigenvalue weighted by Crippen LogP contribution is -2.34. The van der Waals surface area contributed by atoms with Gasteiger partial charge < -0.3 is 0 Å².